The van der Waals surface area contributed by atoms with E-state index < -0.39 is 0 Å². The summed E-state index contributed by atoms with van der Waals surface area (Å²) < 4.78 is 0. The number of carbonyl (C=O) groups excluding carboxylic acids is 2. The molecule has 2 amide bonds. The summed E-state index contributed by atoms with van der Waals surface area (Å²) in [5, 5.41) is 2.85. The normalized spacial score (nSPS) is 15.0. The Morgan fingerprint density at radius 2 is 2.22 bits per heavy atom. The van der Waals surface area contributed by atoms with Crippen LogP contribution in [0.1, 0.15) is 11.1 Å². The second-order valence-corrected chi connectivity index (χ2v) is 5.38. The first-order chi connectivity index (χ1) is 8.58. The van der Waals surface area contributed by atoms with Crippen LogP contribution in [0.15, 0.2) is 18.2 Å². The number of hydrogen-bond acceptors (Lipinski definition) is 3. The molecule has 0 bridgehead atoms. The topological polar surface area (TPSA) is 49.4 Å². The standard InChI is InChI=1S/C13H16N2O2S/c1-9-4-3-5-11(10(9)2)14-12(16)8-15-6-7-18-13(15)17/h3-5H,6-8H2,1-2H3,(H,14,16). The lowest BCUT2D eigenvalue weighted by Crippen LogP contribution is -2.33. The van der Waals surface area contributed by atoms with Crippen molar-refractivity contribution in [2.75, 3.05) is 24.2 Å². The van der Waals surface area contributed by atoms with Crippen LogP contribution in [0.25, 0.3) is 0 Å². The largest absolute Gasteiger partial charge is 0.324 e. The van der Waals surface area contributed by atoms with E-state index in [2.05, 4.69) is 5.32 Å². The first-order valence-corrected chi connectivity index (χ1v) is 6.84. The Morgan fingerprint density at radius 1 is 1.44 bits per heavy atom. The molecule has 96 valence electrons. The molecule has 0 aromatic heterocycles. The first-order valence-electron chi connectivity index (χ1n) is 5.85. The molecular weight excluding hydrogens is 248 g/mol. The van der Waals surface area contributed by atoms with Crippen LogP contribution < -0.4 is 5.32 Å². The SMILES string of the molecule is Cc1cccc(NC(=O)CN2CCSC2=O)c1C. The van der Waals surface area contributed by atoms with Crippen molar-refractivity contribution < 1.29 is 9.59 Å². The number of amides is 2. The molecule has 0 atom stereocenters. The lowest BCUT2D eigenvalue weighted by molar-refractivity contribution is -0.116. The van der Waals surface area contributed by atoms with Crippen molar-refractivity contribution in [2.45, 2.75) is 13.8 Å². The third-order valence-electron chi connectivity index (χ3n) is 3.06. The quantitative estimate of drug-likeness (QED) is 0.912. The number of anilines is 1. The van der Waals surface area contributed by atoms with Gasteiger partial charge in [-0.2, -0.15) is 0 Å². The number of nitrogens with zero attached hydrogens (tertiary/aromatic N) is 1. The summed E-state index contributed by atoms with van der Waals surface area (Å²) in [6, 6.07) is 5.79. The summed E-state index contributed by atoms with van der Waals surface area (Å²) in [5.74, 6) is 0.634. The highest BCUT2D eigenvalue weighted by Gasteiger charge is 2.23. The van der Waals surface area contributed by atoms with E-state index in [1.54, 1.807) is 4.90 Å². The average Bonchev–Trinajstić information content (AvgIpc) is 2.71. The molecule has 0 unspecified atom stereocenters. The lowest BCUT2D eigenvalue weighted by atomic mass is 10.1. The van der Waals surface area contributed by atoms with E-state index in [1.165, 1.54) is 11.8 Å². The molecule has 2 rings (SSSR count). The zero-order chi connectivity index (χ0) is 13.1. The van der Waals surface area contributed by atoms with Gasteiger partial charge in [0.05, 0.1) is 0 Å². The Balaban J connectivity index is 1.99. The highest BCUT2D eigenvalue weighted by Crippen LogP contribution is 2.19. The average molecular weight is 264 g/mol. The lowest BCUT2D eigenvalue weighted by Gasteiger charge is -2.15. The van der Waals surface area contributed by atoms with Crippen LogP contribution in [0.2, 0.25) is 0 Å². The van der Waals surface area contributed by atoms with Crippen molar-refractivity contribution in [3.05, 3.63) is 29.3 Å². The third-order valence-corrected chi connectivity index (χ3v) is 3.95. The van der Waals surface area contributed by atoms with Crippen LogP contribution in [0.4, 0.5) is 10.5 Å². The van der Waals surface area contributed by atoms with Gasteiger partial charge >= 0.3 is 0 Å². The predicted octanol–water partition coefficient (Wildman–Crippen LogP) is 2.41. The van der Waals surface area contributed by atoms with E-state index in [1.807, 2.05) is 32.0 Å². The molecule has 1 aliphatic heterocycles. The van der Waals surface area contributed by atoms with Gasteiger partial charge in [-0.1, -0.05) is 23.9 Å². The summed E-state index contributed by atoms with van der Waals surface area (Å²) in [6.07, 6.45) is 0. The zero-order valence-corrected chi connectivity index (χ0v) is 11.3. The summed E-state index contributed by atoms with van der Waals surface area (Å²) >= 11 is 1.27. The first kappa shape index (κ1) is 13.0. The van der Waals surface area contributed by atoms with Crippen LogP contribution in [0.5, 0.6) is 0 Å². The summed E-state index contributed by atoms with van der Waals surface area (Å²) in [5.41, 5.74) is 3.02. The van der Waals surface area contributed by atoms with Gasteiger partial charge in [0.2, 0.25) is 5.91 Å². The molecule has 0 spiro atoms. The fourth-order valence-electron chi connectivity index (χ4n) is 1.82. The fourth-order valence-corrected chi connectivity index (χ4v) is 2.64. The molecule has 18 heavy (non-hydrogen) atoms. The maximum Gasteiger partial charge on any atom is 0.282 e. The van der Waals surface area contributed by atoms with Crippen LogP contribution in [-0.2, 0) is 4.79 Å². The Morgan fingerprint density at radius 3 is 2.89 bits per heavy atom. The molecule has 0 aliphatic carbocycles. The molecule has 1 aromatic rings. The fraction of sp³-hybridized carbons (Fsp3) is 0.385. The van der Waals surface area contributed by atoms with Gasteiger partial charge in [0.25, 0.3) is 5.24 Å². The van der Waals surface area contributed by atoms with Gasteiger partial charge in [-0.25, -0.2) is 0 Å². The zero-order valence-electron chi connectivity index (χ0n) is 10.5. The molecule has 1 heterocycles. The minimum atomic E-state index is -0.139. The van der Waals surface area contributed by atoms with Crippen LogP contribution in [0, 0.1) is 13.8 Å². The van der Waals surface area contributed by atoms with Gasteiger partial charge in [0, 0.05) is 18.0 Å². The Hall–Kier alpha value is -1.49. The molecular formula is C13H16N2O2S. The number of rotatable bonds is 3. The van der Waals surface area contributed by atoms with Crippen molar-refractivity contribution in [3.63, 3.8) is 0 Å². The number of thioether (sulfide) groups is 1. The number of carbonyl (C=O) groups is 2. The Kier molecular flexibility index (Phi) is 3.91. The minimum absolute atomic E-state index is 0.00823. The monoisotopic (exact) mass is 264 g/mol. The van der Waals surface area contributed by atoms with Gasteiger partial charge in [0.1, 0.15) is 6.54 Å². The molecule has 0 saturated carbocycles. The van der Waals surface area contributed by atoms with Crippen molar-refractivity contribution in [3.8, 4) is 0 Å². The number of benzene rings is 1. The van der Waals surface area contributed by atoms with Crippen molar-refractivity contribution >= 4 is 28.6 Å². The Labute approximate surface area is 111 Å². The molecule has 1 aliphatic rings. The van der Waals surface area contributed by atoms with Crippen molar-refractivity contribution in [2.24, 2.45) is 0 Å². The smallest absolute Gasteiger partial charge is 0.282 e. The van der Waals surface area contributed by atoms with Crippen LogP contribution in [-0.4, -0.2) is 34.9 Å². The van der Waals surface area contributed by atoms with Gasteiger partial charge < -0.3 is 10.2 Å². The van der Waals surface area contributed by atoms with Crippen molar-refractivity contribution in [1.82, 2.24) is 4.90 Å². The molecule has 4 nitrogen and oxygen atoms in total. The number of nitrogens with one attached hydrogen (secondary N) is 1. The number of aryl methyl sites for hydroxylation is 1. The summed E-state index contributed by atoms with van der Waals surface area (Å²) in [7, 11) is 0. The third kappa shape index (κ3) is 2.85. The molecule has 1 N–H and O–H groups in total. The van der Waals surface area contributed by atoms with E-state index >= 15 is 0 Å². The molecule has 5 heteroatoms. The summed E-state index contributed by atoms with van der Waals surface area (Å²) in [6.45, 7) is 4.77. The van der Waals surface area contributed by atoms with Gasteiger partial charge in [-0.05, 0) is 31.0 Å². The van der Waals surface area contributed by atoms with E-state index in [0.29, 0.717) is 6.54 Å². The highest BCUT2D eigenvalue weighted by atomic mass is 32.2. The van der Waals surface area contributed by atoms with E-state index in [0.717, 1.165) is 22.6 Å². The van der Waals surface area contributed by atoms with Gasteiger partial charge in [0.15, 0.2) is 0 Å². The second-order valence-electron chi connectivity index (χ2n) is 4.33. The number of hydrogen-bond donors (Lipinski definition) is 1. The highest BCUT2D eigenvalue weighted by molar-refractivity contribution is 8.13. The minimum Gasteiger partial charge on any atom is -0.324 e. The molecule has 1 fully saturated rings. The molecule has 1 aromatic carbocycles. The van der Waals surface area contributed by atoms with E-state index in [-0.39, 0.29) is 17.7 Å². The molecule has 1 saturated heterocycles. The van der Waals surface area contributed by atoms with E-state index in [4.69, 9.17) is 0 Å². The van der Waals surface area contributed by atoms with Gasteiger partial charge in [-0.3, -0.25) is 9.59 Å². The van der Waals surface area contributed by atoms with Crippen molar-refractivity contribution in [1.29, 1.82) is 0 Å². The van der Waals surface area contributed by atoms with E-state index in [9.17, 15) is 9.59 Å². The van der Waals surface area contributed by atoms with Crippen LogP contribution in [0.3, 0.4) is 0 Å². The van der Waals surface area contributed by atoms with Crippen LogP contribution >= 0.6 is 11.8 Å². The predicted molar refractivity (Wildman–Crippen MR) is 74.0 cm³/mol. The van der Waals surface area contributed by atoms with Gasteiger partial charge in [-0.15, -0.1) is 0 Å². The maximum absolute atomic E-state index is 11.9. The second kappa shape index (κ2) is 5.44. The summed E-state index contributed by atoms with van der Waals surface area (Å²) in [4.78, 5) is 24.8. The maximum atomic E-state index is 11.9. The molecule has 0 radical (unpaired) electrons. The Bertz CT molecular complexity index is 488.